The Morgan fingerprint density at radius 1 is 1.78 bits per heavy atom. The molecule has 0 radical (unpaired) electrons. The van der Waals surface area contributed by atoms with E-state index < -0.39 is 6.10 Å². The Hall–Kier alpha value is -0.960. The van der Waals surface area contributed by atoms with Crippen LogP contribution in [-0.2, 0) is 4.79 Å². The van der Waals surface area contributed by atoms with Gasteiger partial charge in [-0.1, -0.05) is 0 Å². The van der Waals surface area contributed by atoms with Gasteiger partial charge in [0.15, 0.2) is 11.9 Å². The molecule has 0 saturated carbocycles. The number of aliphatic imine (C=N–C) groups is 1. The van der Waals surface area contributed by atoms with E-state index in [1.54, 1.807) is 6.92 Å². The van der Waals surface area contributed by atoms with Crippen LogP contribution in [0.25, 0.3) is 0 Å². The molecular formula is C6H7NO2. The van der Waals surface area contributed by atoms with Crippen LogP contribution < -0.4 is 0 Å². The third-order valence-electron chi connectivity index (χ3n) is 1.15. The van der Waals surface area contributed by atoms with E-state index in [1.165, 1.54) is 12.4 Å². The quantitative estimate of drug-likeness (QED) is 0.491. The van der Waals surface area contributed by atoms with E-state index in [9.17, 15) is 4.79 Å². The van der Waals surface area contributed by atoms with E-state index in [2.05, 4.69) is 4.99 Å². The van der Waals surface area contributed by atoms with E-state index in [0.29, 0.717) is 5.57 Å². The Bertz CT molecular complexity index is 193. The van der Waals surface area contributed by atoms with Crippen LogP contribution in [0.15, 0.2) is 16.8 Å². The Kier molecular flexibility index (Phi) is 1.44. The van der Waals surface area contributed by atoms with Crippen LogP contribution in [0, 0.1) is 0 Å². The highest BCUT2D eigenvalue weighted by atomic mass is 16.3. The zero-order valence-electron chi connectivity index (χ0n) is 5.03. The third kappa shape index (κ3) is 1.05. The van der Waals surface area contributed by atoms with Gasteiger partial charge >= 0.3 is 0 Å². The van der Waals surface area contributed by atoms with E-state index in [4.69, 9.17) is 5.11 Å². The van der Waals surface area contributed by atoms with Crippen molar-refractivity contribution >= 4 is 12.0 Å². The van der Waals surface area contributed by atoms with Crippen LogP contribution in [0.4, 0.5) is 0 Å². The van der Waals surface area contributed by atoms with Gasteiger partial charge in [0.25, 0.3) is 0 Å². The van der Waals surface area contributed by atoms with Gasteiger partial charge in [0.05, 0.1) is 0 Å². The maximum atomic E-state index is 10.7. The number of hydrogen-bond donors (Lipinski definition) is 1. The average molecular weight is 125 g/mol. The summed E-state index contributed by atoms with van der Waals surface area (Å²) in [6, 6.07) is 0. The molecule has 9 heavy (non-hydrogen) atoms. The predicted octanol–water partition coefficient (Wildman–Crippen LogP) is -0.0954. The minimum Gasteiger partial charge on any atom is -0.379 e. The number of carbonyl (C=O) groups is 1. The zero-order chi connectivity index (χ0) is 6.85. The van der Waals surface area contributed by atoms with Crippen molar-refractivity contribution in [2.24, 2.45) is 4.99 Å². The monoisotopic (exact) mass is 125 g/mol. The second-order valence-corrected chi connectivity index (χ2v) is 1.92. The Labute approximate surface area is 52.7 Å². The third-order valence-corrected chi connectivity index (χ3v) is 1.15. The molecule has 1 aliphatic rings. The SMILES string of the molecule is CC1=CN=CC(O)C1=O. The summed E-state index contributed by atoms with van der Waals surface area (Å²) in [5.74, 6) is -0.259. The lowest BCUT2D eigenvalue weighted by molar-refractivity contribution is -0.120. The van der Waals surface area contributed by atoms with Crippen molar-refractivity contribution in [1.29, 1.82) is 0 Å². The summed E-state index contributed by atoms with van der Waals surface area (Å²) >= 11 is 0. The number of Topliss-reactive ketones (excluding diaryl/α,β-unsaturated/α-hetero) is 1. The van der Waals surface area contributed by atoms with Gasteiger partial charge in [0.1, 0.15) is 0 Å². The van der Waals surface area contributed by atoms with E-state index in [1.807, 2.05) is 0 Å². The van der Waals surface area contributed by atoms with Gasteiger partial charge < -0.3 is 5.11 Å². The molecule has 0 fully saturated rings. The van der Waals surface area contributed by atoms with Crippen molar-refractivity contribution in [3.8, 4) is 0 Å². The van der Waals surface area contributed by atoms with Crippen LogP contribution in [0.1, 0.15) is 6.92 Å². The van der Waals surface area contributed by atoms with Crippen molar-refractivity contribution in [2.75, 3.05) is 0 Å². The van der Waals surface area contributed by atoms with Crippen LogP contribution in [0.2, 0.25) is 0 Å². The van der Waals surface area contributed by atoms with Gasteiger partial charge in [-0.3, -0.25) is 9.79 Å². The number of aliphatic hydroxyl groups is 1. The van der Waals surface area contributed by atoms with Crippen molar-refractivity contribution in [3.63, 3.8) is 0 Å². The lowest BCUT2D eigenvalue weighted by Crippen LogP contribution is -2.24. The summed E-state index contributed by atoms with van der Waals surface area (Å²) in [6.45, 7) is 1.63. The predicted molar refractivity (Wildman–Crippen MR) is 33.3 cm³/mol. The van der Waals surface area contributed by atoms with E-state index in [0.717, 1.165) is 0 Å². The first-order valence-electron chi connectivity index (χ1n) is 2.64. The maximum Gasteiger partial charge on any atom is 0.194 e. The minimum absolute atomic E-state index is 0.259. The standard InChI is InChI=1S/C6H7NO2/c1-4-2-7-3-5(8)6(4)9/h2-3,5,8H,1H3. The van der Waals surface area contributed by atoms with Gasteiger partial charge in [0.2, 0.25) is 0 Å². The highest BCUT2D eigenvalue weighted by molar-refractivity contribution is 6.09. The number of hydrogen-bond acceptors (Lipinski definition) is 3. The van der Waals surface area contributed by atoms with Crippen LogP contribution in [0.3, 0.4) is 0 Å². The first-order chi connectivity index (χ1) is 4.22. The lowest BCUT2D eigenvalue weighted by atomic mass is 10.1. The Morgan fingerprint density at radius 2 is 2.44 bits per heavy atom. The average Bonchev–Trinajstić information content (AvgIpc) is 1.83. The van der Waals surface area contributed by atoms with Gasteiger partial charge in [0, 0.05) is 18.0 Å². The molecule has 0 amide bonds. The van der Waals surface area contributed by atoms with E-state index in [-0.39, 0.29) is 5.78 Å². The molecule has 1 atom stereocenters. The summed E-state index contributed by atoms with van der Waals surface area (Å²) in [5, 5.41) is 8.81. The molecule has 1 N–H and O–H groups in total. The highest BCUT2D eigenvalue weighted by Gasteiger charge is 2.16. The molecule has 0 bridgehead atoms. The molecule has 1 unspecified atom stereocenters. The molecule has 1 heterocycles. The van der Waals surface area contributed by atoms with Crippen LogP contribution in [-0.4, -0.2) is 23.2 Å². The van der Waals surface area contributed by atoms with Gasteiger partial charge in [-0.15, -0.1) is 0 Å². The summed E-state index contributed by atoms with van der Waals surface area (Å²) < 4.78 is 0. The minimum atomic E-state index is -1.02. The second-order valence-electron chi connectivity index (χ2n) is 1.92. The fourth-order valence-corrected chi connectivity index (χ4v) is 0.601. The Balaban J connectivity index is 2.86. The lowest BCUT2D eigenvalue weighted by Gasteiger charge is -2.06. The summed E-state index contributed by atoms with van der Waals surface area (Å²) in [6.07, 6.45) is 1.64. The zero-order valence-corrected chi connectivity index (χ0v) is 5.03. The number of carbonyl (C=O) groups excluding carboxylic acids is 1. The molecule has 0 aromatic rings. The van der Waals surface area contributed by atoms with Crippen molar-refractivity contribution in [1.82, 2.24) is 0 Å². The van der Waals surface area contributed by atoms with Gasteiger partial charge in [-0.2, -0.15) is 0 Å². The normalized spacial score (nSPS) is 26.2. The van der Waals surface area contributed by atoms with Crippen LogP contribution >= 0.6 is 0 Å². The first kappa shape index (κ1) is 6.16. The van der Waals surface area contributed by atoms with Gasteiger partial charge in [-0.05, 0) is 6.92 Å². The molecule has 0 aliphatic carbocycles. The molecule has 48 valence electrons. The van der Waals surface area contributed by atoms with Crippen molar-refractivity contribution < 1.29 is 9.90 Å². The molecule has 0 aromatic heterocycles. The maximum absolute atomic E-state index is 10.7. The fourth-order valence-electron chi connectivity index (χ4n) is 0.601. The molecule has 3 heteroatoms. The smallest absolute Gasteiger partial charge is 0.194 e. The number of aliphatic hydroxyl groups excluding tert-OH is 1. The molecule has 0 saturated heterocycles. The summed E-state index contributed by atoms with van der Waals surface area (Å²) in [4.78, 5) is 14.3. The molecule has 1 aliphatic heterocycles. The summed E-state index contributed by atoms with van der Waals surface area (Å²) in [7, 11) is 0. The fraction of sp³-hybridized carbons (Fsp3) is 0.333. The largest absolute Gasteiger partial charge is 0.379 e. The first-order valence-corrected chi connectivity index (χ1v) is 2.64. The second kappa shape index (κ2) is 2.11. The number of ketones is 1. The molecule has 0 aromatic carbocycles. The van der Waals surface area contributed by atoms with Crippen LogP contribution in [0.5, 0.6) is 0 Å². The molecule has 3 nitrogen and oxygen atoms in total. The van der Waals surface area contributed by atoms with E-state index >= 15 is 0 Å². The topological polar surface area (TPSA) is 49.7 Å². The van der Waals surface area contributed by atoms with Crippen molar-refractivity contribution in [3.05, 3.63) is 11.8 Å². The van der Waals surface area contributed by atoms with Crippen molar-refractivity contribution in [2.45, 2.75) is 13.0 Å². The Morgan fingerprint density at radius 3 is 2.89 bits per heavy atom. The molecule has 0 spiro atoms. The molecule has 1 rings (SSSR count). The number of nitrogens with zero attached hydrogens (tertiary/aromatic N) is 1. The molecular weight excluding hydrogens is 118 g/mol. The van der Waals surface area contributed by atoms with Gasteiger partial charge in [-0.25, -0.2) is 0 Å². The number of rotatable bonds is 0. The highest BCUT2D eigenvalue weighted by Crippen LogP contribution is 2.02. The summed E-state index contributed by atoms with van der Waals surface area (Å²) in [5.41, 5.74) is 0.505.